The molecule has 1 aliphatic heterocycles. The zero-order valence-corrected chi connectivity index (χ0v) is 17.2. The molecule has 0 unspecified atom stereocenters. The average molecular weight is 397 g/mol. The molecule has 28 heavy (non-hydrogen) atoms. The number of carbonyl (C=O) groups is 1. The van der Waals surface area contributed by atoms with Gasteiger partial charge < -0.3 is 10.6 Å². The maximum Gasteiger partial charge on any atom is 0.263 e. The molecule has 3 heterocycles. The van der Waals surface area contributed by atoms with Crippen LogP contribution < -0.4 is 11.3 Å². The standard InChI is InChI=1S/C21H24N4O2S/c1-12-5-4-6-14(11-12)19-23-20-16(13(2)17(28-20)18(22)26)21(27)25(19)15-7-9-24(3)10-8-15/h4-6,11,15H,7-10H2,1-3H3,(H2,22,26). The van der Waals surface area contributed by atoms with Crippen molar-refractivity contribution in [2.75, 3.05) is 20.1 Å². The number of amides is 1. The van der Waals surface area contributed by atoms with Crippen LogP contribution in [-0.4, -0.2) is 40.5 Å². The number of likely N-dealkylation sites (tertiary alicyclic amines) is 1. The van der Waals surface area contributed by atoms with Crippen LogP contribution in [0.5, 0.6) is 0 Å². The molecule has 4 rings (SSSR count). The molecule has 0 spiro atoms. The van der Waals surface area contributed by atoms with Gasteiger partial charge in [-0.05, 0) is 58.5 Å². The summed E-state index contributed by atoms with van der Waals surface area (Å²) in [5.74, 6) is 0.163. The van der Waals surface area contributed by atoms with Gasteiger partial charge in [0.05, 0.1) is 10.3 Å². The minimum atomic E-state index is -0.511. The van der Waals surface area contributed by atoms with E-state index in [1.54, 1.807) is 6.92 Å². The van der Waals surface area contributed by atoms with Gasteiger partial charge in [0.15, 0.2) is 0 Å². The largest absolute Gasteiger partial charge is 0.365 e. The Morgan fingerprint density at radius 1 is 1.25 bits per heavy atom. The van der Waals surface area contributed by atoms with E-state index in [0.29, 0.717) is 26.5 Å². The van der Waals surface area contributed by atoms with E-state index < -0.39 is 5.91 Å². The second kappa shape index (κ2) is 7.14. The van der Waals surface area contributed by atoms with Gasteiger partial charge in [0.1, 0.15) is 10.7 Å². The zero-order chi connectivity index (χ0) is 20.0. The lowest BCUT2D eigenvalue weighted by atomic mass is 10.0. The molecule has 3 aromatic rings. The van der Waals surface area contributed by atoms with E-state index in [4.69, 9.17) is 10.7 Å². The Kier molecular flexibility index (Phi) is 4.81. The average Bonchev–Trinajstić information content (AvgIpc) is 3.00. The van der Waals surface area contributed by atoms with E-state index in [2.05, 4.69) is 18.0 Å². The third kappa shape index (κ3) is 3.14. The van der Waals surface area contributed by atoms with Crippen LogP contribution in [0, 0.1) is 13.8 Å². The fourth-order valence-corrected chi connectivity index (χ4v) is 5.03. The Balaban J connectivity index is 2.01. The van der Waals surface area contributed by atoms with E-state index in [1.807, 2.05) is 29.7 Å². The first kappa shape index (κ1) is 18.8. The Hall–Kier alpha value is -2.51. The molecule has 1 saturated heterocycles. The Bertz CT molecular complexity index is 1120. The number of hydrogen-bond acceptors (Lipinski definition) is 5. The van der Waals surface area contributed by atoms with Crippen LogP contribution in [0.1, 0.15) is 39.7 Å². The highest BCUT2D eigenvalue weighted by atomic mass is 32.1. The van der Waals surface area contributed by atoms with Gasteiger partial charge in [-0.25, -0.2) is 4.98 Å². The summed E-state index contributed by atoms with van der Waals surface area (Å²) in [6.45, 7) is 5.70. The first-order valence-corrected chi connectivity index (χ1v) is 10.3. The van der Waals surface area contributed by atoms with Crippen molar-refractivity contribution in [3.05, 3.63) is 50.6 Å². The highest BCUT2D eigenvalue weighted by molar-refractivity contribution is 7.20. The zero-order valence-electron chi connectivity index (χ0n) is 16.4. The van der Waals surface area contributed by atoms with E-state index in [0.717, 1.165) is 37.1 Å². The third-order valence-corrected chi connectivity index (χ3v) is 6.75. The molecule has 6 nitrogen and oxygen atoms in total. The maximum atomic E-state index is 13.6. The third-order valence-electron chi connectivity index (χ3n) is 5.55. The number of primary amides is 1. The second-order valence-electron chi connectivity index (χ2n) is 7.62. The highest BCUT2D eigenvalue weighted by Crippen LogP contribution is 2.32. The monoisotopic (exact) mass is 396 g/mol. The van der Waals surface area contributed by atoms with E-state index >= 15 is 0 Å². The van der Waals surface area contributed by atoms with Crippen LogP contribution >= 0.6 is 11.3 Å². The summed E-state index contributed by atoms with van der Waals surface area (Å²) in [5.41, 5.74) is 8.13. The predicted octanol–water partition coefficient (Wildman–Crippen LogP) is 3.11. The van der Waals surface area contributed by atoms with Gasteiger partial charge in [0.2, 0.25) is 0 Å². The molecule has 146 valence electrons. The van der Waals surface area contributed by atoms with Crippen molar-refractivity contribution < 1.29 is 4.79 Å². The molecule has 0 radical (unpaired) electrons. The molecular weight excluding hydrogens is 372 g/mol. The van der Waals surface area contributed by atoms with Crippen molar-refractivity contribution in [3.63, 3.8) is 0 Å². The Morgan fingerprint density at radius 2 is 1.96 bits per heavy atom. The predicted molar refractivity (Wildman–Crippen MR) is 113 cm³/mol. The first-order valence-electron chi connectivity index (χ1n) is 9.48. The number of nitrogens with zero attached hydrogens (tertiary/aromatic N) is 3. The molecule has 1 amide bonds. The number of aromatic nitrogens is 2. The van der Waals surface area contributed by atoms with E-state index in [1.165, 1.54) is 11.3 Å². The van der Waals surface area contributed by atoms with Crippen LogP contribution in [0.4, 0.5) is 0 Å². The summed E-state index contributed by atoms with van der Waals surface area (Å²) >= 11 is 1.21. The van der Waals surface area contributed by atoms with Crippen molar-refractivity contribution in [1.82, 2.24) is 14.5 Å². The molecular formula is C21H24N4O2S. The number of piperidine rings is 1. The summed E-state index contributed by atoms with van der Waals surface area (Å²) < 4.78 is 1.86. The topological polar surface area (TPSA) is 81.2 Å². The van der Waals surface area contributed by atoms with E-state index in [-0.39, 0.29) is 11.6 Å². The summed E-state index contributed by atoms with van der Waals surface area (Å²) in [6.07, 6.45) is 1.79. The van der Waals surface area contributed by atoms with Crippen molar-refractivity contribution in [3.8, 4) is 11.4 Å². The minimum absolute atomic E-state index is 0.0719. The smallest absolute Gasteiger partial charge is 0.263 e. The van der Waals surface area contributed by atoms with Gasteiger partial charge >= 0.3 is 0 Å². The number of rotatable bonds is 3. The van der Waals surface area contributed by atoms with Crippen molar-refractivity contribution in [2.24, 2.45) is 5.73 Å². The lowest BCUT2D eigenvalue weighted by Gasteiger charge is -2.31. The van der Waals surface area contributed by atoms with Crippen molar-refractivity contribution in [1.29, 1.82) is 0 Å². The number of benzene rings is 1. The van der Waals surface area contributed by atoms with Crippen molar-refractivity contribution in [2.45, 2.75) is 32.7 Å². The summed E-state index contributed by atoms with van der Waals surface area (Å²) in [7, 11) is 2.10. The fourth-order valence-electron chi connectivity index (χ4n) is 4.01. The molecule has 2 aromatic heterocycles. The molecule has 0 aliphatic carbocycles. The number of hydrogen-bond donors (Lipinski definition) is 1. The lowest BCUT2D eigenvalue weighted by molar-refractivity contribution is 0.100. The van der Waals surface area contributed by atoms with Gasteiger partial charge in [-0.3, -0.25) is 14.2 Å². The minimum Gasteiger partial charge on any atom is -0.365 e. The summed E-state index contributed by atoms with van der Waals surface area (Å²) in [5, 5.41) is 0.522. The van der Waals surface area contributed by atoms with Gasteiger partial charge in [0.25, 0.3) is 11.5 Å². The molecule has 2 N–H and O–H groups in total. The fraction of sp³-hybridized carbons (Fsp3) is 0.381. The number of nitrogens with two attached hydrogens (primary N) is 1. The van der Waals surface area contributed by atoms with Gasteiger partial charge in [-0.2, -0.15) is 0 Å². The number of fused-ring (bicyclic) bond motifs is 1. The molecule has 0 saturated carbocycles. The van der Waals surface area contributed by atoms with Crippen molar-refractivity contribution >= 4 is 27.5 Å². The first-order chi connectivity index (χ1) is 13.4. The summed E-state index contributed by atoms with van der Waals surface area (Å²) in [6, 6.07) is 8.14. The normalized spacial score (nSPS) is 16.0. The van der Waals surface area contributed by atoms with Gasteiger partial charge in [0, 0.05) is 11.6 Å². The summed E-state index contributed by atoms with van der Waals surface area (Å²) in [4.78, 5) is 33.6. The highest BCUT2D eigenvalue weighted by Gasteiger charge is 2.26. The van der Waals surface area contributed by atoms with Crippen LogP contribution in [-0.2, 0) is 0 Å². The molecule has 1 fully saturated rings. The second-order valence-corrected chi connectivity index (χ2v) is 8.61. The van der Waals surface area contributed by atoms with Crippen LogP contribution in [0.15, 0.2) is 29.1 Å². The lowest BCUT2D eigenvalue weighted by Crippen LogP contribution is -2.36. The Labute approximate surface area is 167 Å². The number of thiophene rings is 1. The molecule has 0 atom stereocenters. The molecule has 7 heteroatoms. The molecule has 1 aliphatic rings. The SMILES string of the molecule is Cc1cccc(-c2nc3sc(C(N)=O)c(C)c3c(=O)n2C2CCN(C)CC2)c1. The Morgan fingerprint density at radius 3 is 2.61 bits per heavy atom. The van der Waals surface area contributed by atoms with E-state index in [9.17, 15) is 9.59 Å². The maximum absolute atomic E-state index is 13.6. The molecule has 1 aromatic carbocycles. The number of carbonyl (C=O) groups excluding carboxylic acids is 1. The molecule has 0 bridgehead atoms. The quantitative estimate of drug-likeness (QED) is 0.738. The van der Waals surface area contributed by atoms with Crippen LogP contribution in [0.3, 0.4) is 0 Å². The van der Waals surface area contributed by atoms with Gasteiger partial charge in [-0.15, -0.1) is 11.3 Å². The van der Waals surface area contributed by atoms with Gasteiger partial charge in [-0.1, -0.05) is 23.8 Å². The van der Waals surface area contributed by atoms with Crippen LogP contribution in [0.2, 0.25) is 0 Å². The number of aryl methyl sites for hydroxylation is 2. The van der Waals surface area contributed by atoms with Crippen LogP contribution in [0.25, 0.3) is 21.6 Å².